The van der Waals surface area contributed by atoms with Crippen LogP contribution in [0.2, 0.25) is 5.02 Å². The number of fused-ring (bicyclic) bond motifs is 1. The fraction of sp³-hybridized carbons (Fsp3) is 0.444. The molecule has 1 aliphatic carbocycles. The van der Waals surface area contributed by atoms with E-state index in [0.29, 0.717) is 12.1 Å². The topological polar surface area (TPSA) is 12.0 Å². The largest absolute Gasteiger partial charge is 0.303 e. The Morgan fingerprint density at radius 3 is 2.48 bits per heavy atom. The second kappa shape index (κ2) is 6.51. The molecule has 3 rings (SSSR count). The molecule has 0 saturated heterocycles. The second-order valence-electron chi connectivity index (χ2n) is 5.97. The van der Waals surface area contributed by atoms with E-state index < -0.39 is 0 Å². The van der Waals surface area contributed by atoms with Crippen LogP contribution in [0.25, 0.3) is 0 Å². The zero-order valence-electron chi connectivity index (χ0n) is 12.7. The Morgan fingerprint density at radius 1 is 1.05 bits per heavy atom. The van der Waals surface area contributed by atoms with Crippen molar-refractivity contribution >= 4 is 22.9 Å². The van der Waals surface area contributed by atoms with Gasteiger partial charge in [-0.05, 0) is 68.9 Å². The zero-order valence-corrected chi connectivity index (χ0v) is 14.2. The minimum absolute atomic E-state index is 0.330. The molecule has 3 heteroatoms. The molecule has 0 bridgehead atoms. The highest BCUT2D eigenvalue weighted by Crippen LogP contribution is 2.33. The molecule has 1 aromatic carbocycles. The van der Waals surface area contributed by atoms with Gasteiger partial charge in [-0.15, -0.1) is 11.3 Å². The molecular formula is C18H22ClNS. The third kappa shape index (κ3) is 3.50. The Hall–Kier alpha value is -0.830. The number of aryl methyl sites for hydroxylation is 2. The molecule has 21 heavy (non-hydrogen) atoms. The zero-order chi connectivity index (χ0) is 14.8. The van der Waals surface area contributed by atoms with E-state index in [1.54, 1.807) is 10.4 Å². The standard InChI is InChI=1S/C18H22ClNS/c1-12(14-7-9-16(19)10-8-14)20-13(2)18-11-15-5-3-4-6-17(15)21-18/h7-13,20H,3-6H2,1-2H3. The molecule has 0 radical (unpaired) electrons. The molecule has 0 aliphatic heterocycles. The number of rotatable bonds is 4. The fourth-order valence-electron chi connectivity index (χ4n) is 3.03. The Morgan fingerprint density at radius 2 is 1.76 bits per heavy atom. The molecule has 2 atom stereocenters. The van der Waals surface area contributed by atoms with Crippen LogP contribution in [0.5, 0.6) is 0 Å². The van der Waals surface area contributed by atoms with Crippen molar-refractivity contribution in [1.82, 2.24) is 5.32 Å². The van der Waals surface area contributed by atoms with Gasteiger partial charge in [0, 0.05) is 26.9 Å². The first-order chi connectivity index (χ1) is 10.1. The molecule has 1 aliphatic rings. The maximum atomic E-state index is 5.96. The van der Waals surface area contributed by atoms with Crippen LogP contribution in [-0.4, -0.2) is 0 Å². The van der Waals surface area contributed by atoms with Crippen molar-refractivity contribution in [3.63, 3.8) is 0 Å². The smallest absolute Gasteiger partial charge is 0.0406 e. The van der Waals surface area contributed by atoms with E-state index in [9.17, 15) is 0 Å². The lowest BCUT2D eigenvalue weighted by Crippen LogP contribution is -2.21. The van der Waals surface area contributed by atoms with Gasteiger partial charge in [0.25, 0.3) is 0 Å². The highest BCUT2D eigenvalue weighted by atomic mass is 35.5. The first kappa shape index (κ1) is 15.1. The Balaban J connectivity index is 1.69. The lowest BCUT2D eigenvalue weighted by molar-refractivity contribution is 0.500. The van der Waals surface area contributed by atoms with Crippen molar-refractivity contribution in [2.24, 2.45) is 0 Å². The van der Waals surface area contributed by atoms with Crippen molar-refractivity contribution in [3.05, 3.63) is 56.2 Å². The fourth-order valence-corrected chi connectivity index (χ4v) is 4.43. The minimum Gasteiger partial charge on any atom is -0.303 e. The van der Waals surface area contributed by atoms with Gasteiger partial charge in [0.1, 0.15) is 0 Å². The predicted octanol–water partition coefficient (Wildman–Crippen LogP) is 5.69. The average Bonchev–Trinajstić information content (AvgIpc) is 2.92. The van der Waals surface area contributed by atoms with E-state index in [1.165, 1.54) is 36.1 Å². The summed E-state index contributed by atoms with van der Waals surface area (Å²) in [7, 11) is 0. The van der Waals surface area contributed by atoms with Crippen molar-refractivity contribution in [2.45, 2.75) is 51.6 Å². The number of hydrogen-bond donors (Lipinski definition) is 1. The summed E-state index contributed by atoms with van der Waals surface area (Å²) in [6, 6.07) is 11.3. The van der Waals surface area contributed by atoms with Crippen molar-refractivity contribution < 1.29 is 0 Å². The van der Waals surface area contributed by atoms with Gasteiger partial charge in [-0.25, -0.2) is 0 Å². The van der Waals surface area contributed by atoms with Crippen LogP contribution >= 0.6 is 22.9 Å². The number of halogens is 1. The maximum Gasteiger partial charge on any atom is 0.0406 e. The minimum atomic E-state index is 0.330. The summed E-state index contributed by atoms with van der Waals surface area (Å²) in [5.74, 6) is 0. The Kier molecular flexibility index (Phi) is 4.68. The summed E-state index contributed by atoms with van der Waals surface area (Å²) in [5.41, 5.74) is 2.88. The number of nitrogens with one attached hydrogen (secondary N) is 1. The molecule has 1 nitrogen and oxygen atoms in total. The third-order valence-corrected chi connectivity index (χ3v) is 5.98. The summed E-state index contributed by atoms with van der Waals surface area (Å²) in [4.78, 5) is 3.09. The first-order valence-corrected chi connectivity index (χ1v) is 8.96. The monoisotopic (exact) mass is 319 g/mol. The number of hydrogen-bond acceptors (Lipinski definition) is 2. The highest BCUT2D eigenvalue weighted by molar-refractivity contribution is 7.12. The summed E-state index contributed by atoms with van der Waals surface area (Å²) in [6.07, 6.45) is 5.26. The maximum absolute atomic E-state index is 5.96. The lowest BCUT2D eigenvalue weighted by Gasteiger charge is -2.19. The van der Waals surface area contributed by atoms with Crippen LogP contribution in [-0.2, 0) is 12.8 Å². The summed E-state index contributed by atoms with van der Waals surface area (Å²) < 4.78 is 0. The van der Waals surface area contributed by atoms with Crippen molar-refractivity contribution in [3.8, 4) is 0 Å². The van der Waals surface area contributed by atoms with Crippen LogP contribution < -0.4 is 5.32 Å². The normalized spacial score (nSPS) is 17.3. The van der Waals surface area contributed by atoms with Crippen LogP contribution in [0.4, 0.5) is 0 Å². The van der Waals surface area contributed by atoms with Gasteiger partial charge < -0.3 is 5.32 Å². The molecule has 1 heterocycles. The average molecular weight is 320 g/mol. The summed E-state index contributed by atoms with van der Waals surface area (Å²) >= 11 is 7.96. The Bertz CT molecular complexity index is 579. The van der Waals surface area contributed by atoms with Gasteiger partial charge in [0.2, 0.25) is 0 Å². The molecule has 1 aromatic heterocycles. The summed E-state index contributed by atoms with van der Waals surface area (Å²) in [5, 5.41) is 4.50. The summed E-state index contributed by atoms with van der Waals surface area (Å²) in [6.45, 7) is 4.48. The lowest BCUT2D eigenvalue weighted by atomic mass is 9.99. The van der Waals surface area contributed by atoms with E-state index in [1.807, 2.05) is 23.5 Å². The van der Waals surface area contributed by atoms with Gasteiger partial charge in [-0.3, -0.25) is 0 Å². The van der Waals surface area contributed by atoms with E-state index in [4.69, 9.17) is 11.6 Å². The van der Waals surface area contributed by atoms with Gasteiger partial charge in [0.05, 0.1) is 0 Å². The van der Waals surface area contributed by atoms with E-state index in [0.717, 1.165) is 5.02 Å². The second-order valence-corrected chi connectivity index (χ2v) is 7.57. The molecule has 2 unspecified atom stereocenters. The molecule has 0 amide bonds. The predicted molar refractivity (Wildman–Crippen MR) is 92.4 cm³/mol. The molecule has 0 spiro atoms. The van der Waals surface area contributed by atoms with Gasteiger partial charge in [0.15, 0.2) is 0 Å². The van der Waals surface area contributed by atoms with Gasteiger partial charge in [-0.2, -0.15) is 0 Å². The van der Waals surface area contributed by atoms with Gasteiger partial charge in [-0.1, -0.05) is 23.7 Å². The Labute approximate surface area is 136 Å². The molecule has 0 fully saturated rings. The number of benzene rings is 1. The van der Waals surface area contributed by atoms with E-state index in [2.05, 4.69) is 37.4 Å². The van der Waals surface area contributed by atoms with Gasteiger partial charge >= 0.3 is 0 Å². The quantitative estimate of drug-likeness (QED) is 0.763. The van der Waals surface area contributed by atoms with Crippen LogP contribution in [0.1, 0.15) is 59.7 Å². The molecular weight excluding hydrogens is 298 g/mol. The molecule has 0 saturated carbocycles. The third-order valence-electron chi connectivity index (χ3n) is 4.31. The molecule has 1 N–H and O–H groups in total. The molecule has 112 valence electrons. The number of thiophene rings is 1. The van der Waals surface area contributed by atoms with Crippen LogP contribution in [0.3, 0.4) is 0 Å². The van der Waals surface area contributed by atoms with Crippen molar-refractivity contribution in [2.75, 3.05) is 0 Å². The molecule has 2 aromatic rings. The first-order valence-electron chi connectivity index (χ1n) is 7.76. The van der Waals surface area contributed by atoms with Crippen LogP contribution in [0, 0.1) is 0 Å². The van der Waals surface area contributed by atoms with Crippen molar-refractivity contribution in [1.29, 1.82) is 0 Å². The SMILES string of the molecule is CC(NC(C)c1cc2c(s1)CCCC2)c1ccc(Cl)cc1. The van der Waals surface area contributed by atoms with Crippen LogP contribution in [0.15, 0.2) is 30.3 Å². The highest BCUT2D eigenvalue weighted by Gasteiger charge is 2.18. The van der Waals surface area contributed by atoms with E-state index in [-0.39, 0.29) is 0 Å². The van der Waals surface area contributed by atoms with E-state index >= 15 is 0 Å².